The number of rotatable bonds is 0. The molecule has 0 bridgehead atoms. The van der Waals surface area contributed by atoms with Gasteiger partial charge >= 0.3 is 0 Å². The van der Waals surface area contributed by atoms with Gasteiger partial charge in [-0.15, -0.1) is 0 Å². The third kappa shape index (κ3) is 110. The normalized spacial score (nSPS) is 3.00. The van der Waals surface area contributed by atoms with Gasteiger partial charge in [0.05, 0.1) is 0 Å². The Morgan fingerprint density at radius 1 is 1.33 bits per heavy atom. The fraction of sp³-hybridized carbons (Fsp3) is 1.00. The Kier molecular flexibility index (Phi) is 202. The molecule has 0 aromatic carbocycles. The highest BCUT2D eigenvalue weighted by Gasteiger charge is 1.40. The number of halogens is 3. The van der Waals surface area contributed by atoms with Crippen LogP contribution < -0.4 is 36.7 Å². The van der Waals surface area contributed by atoms with Crippen LogP contribution in [0.15, 0.2) is 0 Å². The molecule has 0 heterocycles. The summed E-state index contributed by atoms with van der Waals surface area (Å²) in [6.45, 7) is 0. The van der Waals surface area contributed by atoms with Crippen molar-refractivity contribution in [1.82, 2.24) is 6.15 Å². The zero-order valence-corrected chi connectivity index (χ0v) is 5.82. The highest BCUT2D eigenvalue weighted by atomic mass is 35.5. The van der Waals surface area contributed by atoms with Gasteiger partial charge in [0.15, 0.2) is 0 Å². The molecule has 0 unspecified atom stereocenters. The average molecular weight is 155 g/mol. The summed E-state index contributed by atoms with van der Waals surface area (Å²) in [5, 5.41) is 0. The molecule has 6 heavy (non-hydrogen) atoms. The molecule has 0 aliphatic rings. The summed E-state index contributed by atoms with van der Waals surface area (Å²) < 4.78 is 0. The van der Waals surface area contributed by atoms with Gasteiger partial charge in [-0.2, -0.15) is 0 Å². The molecule has 44 valence electrons. The van der Waals surface area contributed by atoms with Crippen LogP contribution in [0.4, 0.5) is 0 Å². The molecular formula is CH9Cl3N2. The first-order valence-corrected chi connectivity index (χ1v) is 1.30. The molecule has 0 saturated carbocycles. The van der Waals surface area contributed by atoms with E-state index in [4.69, 9.17) is 11.6 Å². The van der Waals surface area contributed by atoms with Crippen LogP contribution in [0.25, 0.3) is 0 Å². The summed E-state index contributed by atoms with van der Waals surface area (Å²) in [6.07, 6.45) is 0. The minimum atomic E-state index is 0. The van der Waals surface area contributed by atoms with Gasteiger partial charge in [-0.05, 0) is 0 Å². The highest BCUT2D eigenvalue weighted by molar-refractivity contribution is 6.16. The number of quaternary nitrogens is 2. The van der Waals surface area contributed by atoms with E-state index in [2.05, 4.69) is 5.73 Å². The lowest BCUT2D eigenvalue weighted by Gasteiger charge is -1.46. The summed E-state index contributed by atoms with van der Waals surface area (Å²) in [5.74, 6) is 0. The summed E-state index contributed by atoms with van der Waals surface area (Å²) >= 11 is 4.89. The van der Waals surface area contributed by atoms with Crippen molar-refractivity contribution in [1.29, 1.82) is 0 Å². The molecule has 0 aliphatic carbocycles. The fourth-order valence-corrected chi connectivity index (χ4v) is 0. The molecule has 0 rings (SSSR count). The van der Waals surface area contributed by atoms with Gasteiger partial charge in [-0.1, -0.05) is 11.6 Å². The molecule has 0 aromatic rings. The van der Waals surface area contributed by atoms with Crippen LogP contribution in [0, 0.1) is 0 Å². The van der Waals surface area contributed by atoms with Crippen molar-refractivity contribution in [3.63, 3.8) is 0 Å². The van der Waals surface area contributed by atoms with Crippen LogP contribution in [0.5, 0.6) is 0 Å². The minimum Gasteiger partial charge on any atom is -1.00 e. The van der Waals surface area contributed by atoms with Gasteiger partial charge in [0.1, 0.15) is 6.00 Å². The zero-order valence-electron chi connectivity index (χ0n) is 3.55. The van der Waals surface area contributed by atoms with Gasteiger partial charge in [0.2, 0.25) is 0 Å². The number of alkyl halides is 1. The van der Waals surface area contributed by atoms with Crippen molar-refractivity contribution >= 4 is 11.6 Å². The van der Waals surface area contributed by atoms with Crippen LogP contribution in [-0.2, 0) is 0 Å². The third-order valence-electron chi connectivity index (χ3n) is 0. The van der Waals surface area contributed by atoms with Gasteiger partial charge < -0.3 is 36.7 Å². The van der Waals surface area contributed by atoms with Crippen LogP contribution in [-0.4, -0.2) is 6.00 Å². The largest absolute Gasteiger partial charge is 1.00 e. The quantitative estimate of drug-likeness (QED) is 0.258. The van der Waals surface area contributed by atoms with Crippen molar-refractivity contribution in [2.75, 3.05) is 6.00 Å². The summed E-state index contributed by atoms with van der Waals surface area (Å²) in [7, 11) is 0. The molecule has 0 aromatic heterocycles. The predicted octanol–water partition coefficient (Wildman–Crippen LogP) is -6.19. The lowest BCUT2D eigenvalue weighted by molar-refractivity contribution is -0.341. The van der Waals surface area contributed by atoms with Crippen molar-refractivity contribution in [2.45, 2.75) is 0 Å². The highest BCUT2D eigenvalue weighted by Crippen LogP contribution is 1.43. The van der Waals surface area contributed by atoms with E-state index in [1.165, 1.54) is 0 Å². The first-order valence-electron chi connectivity index (χ1n) is 0.767. The lowest BCUT2D eigenvalue weighted by Crippen LogP contribution is -3.00. The van der Waals surface area contributed by atoms with Crippen molar-refractivity contribution < 1.29 is 30.5 Å². The molecule has 0 saturated heterocycles. The van der Waals surface area contributed by atoms with Crippen molar-refractivity contribution in [3.05, 3.63) is 0 Å². The van der Waals surface area contributed by atoms with E-state index in [-0.39, 0.29) is 31.0 Å². The van der Waals surface area contributed by atoms with Gasteiger partial charge in [-0.25, -0.2) is 0 Å². The average Bonchev–Trinajstić information content (AvgIpc) is 0.918. The Balaban J connectivity index is -0.00000000667. The Bertz CT molecular complexity index is 8.75. The van der Waals surface area contributed by atoms with E-state index in [0.29, 0.717) is 6.00 Å². The van der Waals surface area contributed by atoms with Gasteiger partial charge in [0, 0.05) is 0 Å². The second-order valence-corrected chi connectivity index (χ2v) is 0.567. The predicted molar refractivity (Wildman–Crippen MR) is 19.6 cm³/mol. The lowest BCUT2D eigenvalue weighted by atomic mass is 11.6. The molecule has 0 aliphatic heterocycles. The van der Waals surface area contributed by atoms with Gasteiger partial charge in [-0.3, -0.25) is 0 Å². The maximum absolute atomic E-state index is 4.89. The number of hydrogen-bond donors (Lipinski definition) is 2. The summed E-state index contributed by atoms with van der Waals surface area (Å²) in [4.78, 5) is 0. The molecule has 0 amide bonds. The minimum absolute atomic E-state index is 0. The molecule has 2 nitrogen and oxygen atoms in total. The molecule has 0 spiro atoms. The smallest absolute Gasteiger partial charge is 0.150 e. The zero-order chi connectivity index (χ0) is 2.71. The maximum atomic E-state index is 4.89. The molecule has 7 N–H and O–H groups in total. The van der Waals surface area contributed by atoms with Crippen LogP contribution in [0.2, 0.25) is 0 Å². The maximum Gasteiger partial charge on any atom is 0.150 e. The Morgan fingerprint density at radius 3 is 1.33 bits per heavy atom. The molecule has 0 fully saturated rings. The summed E-state index contributed by atoms with van der Waals surface area (Å²) in [5.41, 5.74) is 3.25. The standard InChI is InChI=1S/CH4ClN.2ClH.H3N/c2-1-3;;;/h1,3H2;2*1H;1H3. The second-order valence-electron chi connectivity index (χ2n) is 0.189. The molecule has 5 heteroatoms. The van der Waals surface area contributed by atoms with E-state index < -0.39 is 0 Å². The van der Waals surface area contributed by atoms with E-state index >= 15 is 0 Å². The third-order valence-corrected chi connectivity index (χ3v) is 0. The molecule has 0 atom stereocenters. The van der Waals surface area contributed by atoms with Gasteiger partial charge in [0.25, 0.3) is 0 Å². The Morgan fingerprint density at radius 2 is 1.33 bits per heavy atom. The monoisotopic (exact) mass is 154 g/mol. The van der Waals surface area contributed by atoms with Crippen molar-refractivity contribution in [2.24, 2.45) is 0 Å². The topological polar surface area (TPSA) is 64.1 Å². The summed E-state index contributed by atoms with van der Waals surface area (Å²) in [6, 6.07) is 0.472. The van der Waals surface area contributed by atoms with E-state index in [0.717, 1.165) is 0 Å². The number of hydrogen-bond acceptors (Lipinski definition) is 0. The van der Waals surface area contributed by atoms with E-state index in [1.54, 1.807) is 0 Å². The van der Waals surface area contributed by atoms with Crippen LogP contribution in [0.1, 0.15) is 0 Å². The second kappa shape index (κ2) is 41.5. The Hall–Kier alpha value is 0.790. The Labute approximate surface area is 54.8 Å². The first-order chi connectivity index (χ1) is 1.41. The van der Waals surface area contributed by atoms with Crippen molar-refractivity contribution in [3.8, 4) is 0 Å². The molecule has 0 radical (unpaired) electrons. The van der Waals surface area contributed by atoms with E-state index in [9.17, 15) is 0 Å². The van der Waals surface area contributed by atoms with Crippen LogP contribution in [0.3, 0.4) is 0 Å². The SMILES string of the molecule is [Cl-].[Cl-].[NH3+]CCl.[NH4+]. The van der Waals surface area contributed by atoms with E-state index in [1.807, 2.05) is 0 Å². The fourth-order valence-electron chi connectivity index (χ4n) is 0. The molecular weight excluding hydrogens is 146 g/mol. The van der Waals surface area contributed by atoms with Crippen LogP contribution >= 0.6 is 11.6 Å². The first kappa shape index (κ1) is 29.2.